The molecule has 0 aliphatic rings. The Morgan fingerprint density at radius 1 is 1.30 bits per heavy atom. The van der Waals surface area contributed by atoms with Crippen molar-refractivity contribution < 1.29 is 4.74 Å². The maximum Gasteiger partial charge on any atom is 0.120 e. The molecule has 20 heavy (non-hydrogen) atoms. The van der Waals surface area contributed by atoms with Crippen LogP contribution >= 0.6 is 11.6 Å². The Morgan fingerprint density at radius 2 is 2.10 bits per heavy atom. The lowest BCUT2D eigenvalue weighted by molar-refractivity contribution is 0.309. The second-order valence-corrected chi connectivity index (χ2v) is 5.40. The molecule has 0 radical (unpaired) electrons. The SMILES string of the molecule is CCCCOc1ccc(Cn2c(C)cnc2C)c(Cl)c1. The second-order valence-electron chi connectivity index (χ2n) is 4.99. The third-order valence-electron chi connectivity index (χ3n) is 3.37. The smallest absolute Gasteiger partial charge is 0.120 e. The Kier molecular flexibility index (Phi) is 5.07. The van der Waals surface area contributed by atoms with Gasteiger partial charge in [-0.15, -0.1) is 0 Å². The molecule has 0 bridgehead atoms. The molecule has 1 aromatic carbocycles. The fourth-order valence-electron chi connectivity index (χ4n) is 2.07. The van der Waals surface area contributed by atoms with Crippen molar-refractivity contribution in [3.8, 4) is 5.75 Å². The van der Waals surface area contributed by atoms with Crippen LogP contribution in [0.3, 0.4) is 0 Å². The third kappa shape index (κ3) is 3.54. The average Bonchev–Trinajstić information content (AvgIpc) is 2.73. The third-order valence-corrected chi connectivity index (χ3v) is 3.73. The summed E-state index contributed by atoms with van der Waals surface area (Å²) < 4.78 is 7.81. The summed E-state index contributed by atoms with van der Waals surface area (Å²) in [6.45, 7) is 7.69. The maximum atomic E-state index is 6.35. The number of imidazole rings is 1. The molecule has 0 amide bonds. The predicted molar refractivity (Wildman–Crippen MR) is 82.7 cm³/mol. The monoisotopic (exact) mass is 292 g/mol. The van der Waals surface area contributed by atoms with E-state index in [9.17, 15) is 0 Å². The number of rotatable bonds is 6. The van der Waals surface area contributed by atoms with Crippen LogP contribution in [0.25, 0.3) is 0 Å². The lowest BCUT2D eigenvalue weighted by Gasteiger charge is -2.11. The molecule has 0 saturated heterocycles. The first-order chi connectivity index (χ1) is 9.61. The molecule has 1 aromatic heterocycles. The highest BCUT2D eigenvalue weighted by Crippen LogP contribution is 2.24. The molecule has 0 aliphatic heterocycles. The van der Waals surface area contributed by atoms with Gasteiger partial charge in [0, 0.05) is 16.9 Å². The second kappa shape index (κ2) is 6.80. The normalized spacial score (nSPS) is 10.8. The summed E-state index contributed by atoms with van der Waals surface area (Å²) in [5.41, 5.74) is 2.22. The molecule has 4 heteroatoms. The Bertz CT molecular complexity index is 558. The number of hydrogen-bond acceptors (Lipinski definition) is 2. The molecular weight excluding hydrogens is 272 g/mol. The largest absolute Gasteiger partial charge is 0.494 e. The number of aryl methyl sites for hydroxylation is 2. The molecule has 0 spiro atoms. The zero-order valence-electron chi connectivity index (χ0n) is 12.3. The molecule has 0 fully saturated rings. The topological polar surface area (TPSA) is 27.1 Å². The molecule has 0 atom stereocenters. The molecule has 0 N–H and O–H groups in total. The highest BCUT2D eigenvalue weighted by molar-refractivity contribution is 6.31. The van der Waals surface area contributed by atoms with Crippen LogP contribution in [0.1, 0.15) is 36.8 Å². The summed E-state index contributed by atoms with van der Waals surface area (Å²) in [6.07, 6.45) is 4.07. The van der Waals surface area contributed by atoms with E-state index < -0.39 is 0 Å². The van der Waals surface area contributed by atoms with Crippen LogP contribution in [0, 0.1) is 13.8 Å². The number of halogens is 1. The van der Waals surface area contributed by atoms with Gasteiger partial charge in [-0.05, 0) is 38.0 Å². The van der Waals surface area contributed by atoms with Gasteiger partial charge in [-0.3, -0.25) is 0 Å². The van der Waals surface area contributed by atoms with Crippen molar-refractivity contribution in [2.45, 2.75) is 40.2 Å². The van der Waals surface area contributed by atoms with Gasteiger partial charge in [0.05, 0.1) is 13.2 Å². The summed E-state index contributed by atoms with van der Waals surface area (Å²) in [5.74, 6) is 1.84. The number of nitrogens with zero attached hydrogens (tertiary/aromatic N) is 2. The molecule has 3 nitrogen and oxygen atoms in total. The van der Waals surface area contributed by atoms with Crippen LogP contribution in [0.2, 0.25) is 5.02 Å². The molecule has 0 aliphatic carbocycles. The van der Waals surface area contributed by atoms with Crippen molar-refractivity contribution >= 4 is 11.6 Å². The van der Waals surface area contributed by atoms with Crippen LogP contribution in [0.15, 0.2) is 24.4 Å². The zero-order chi connectivity index (χ0) is 14.5. The van der Waals surface area contributed by atoms with Crippen LogP contribution in [-0.4, -0.2) is 16.2 Å². The first kappa shape index (κ1) is 14.9. The number of ether oxygens (including phenoxy) is 1. The van der Waals surface area contributed by atoms with Crippen molar-refractivity contribution in [3.05, 3.63) is 46.5 Å². The van der Waals surface area contributed by atoms with Gasteiger partial charge in [-0.2, -0.15) is 0 Å². The predicted octanol–water partition coefficient (Wildman–Crippen LogP) is 4.38. The minimum Gasteiger partial charge on any atom is -0.494 e. The van der Waals surface area contributed by atoms with Gasteiger partial charge in [0.2, 0.25) is 0 Å². The van der Waals surface area contributed by atoms with Gasteiger partial charge in [-0.25, -0.2) is 4.98 Å². The van der Waals surface area contributed by atoms with E-state index in [1.807, 2.05) is 31.3 Å². The lowest BCUT2D eigenvalue weighted by atomic mass is 10.2. The van der Waals surface area contributed by atoms with E-state index in [-0.39, 0.29) is 0 Å². The first-order valence-corrected chi connectivity index (χ1v) is 7.39. The van der Waals surface area contributed by atoms with Gasteiger partial charge in [0.15, 0.2) is 0 Å². The number of benzene rings is 1. The average molecular weight is 293 g/mol. The molecule has 0 saturated carbocycles. The molecular formula is C16H21ClN2O. The standard InChI is InChI=1S/C16H21ClN2O/c1-4-5-8-20-15-7-6-14(16(17)9-15)11-19-12(2)10-18-13(19)3/h6-7,9-10H,4-5,8,11H2,1-3H3. The van der Waals surface area contributed by atoms with Gasteiger partial charge >= 0.3 is 0 Å². The van der Waals surface area contributed by atoms with Crippen LogP contribution in [0.4, 0.5) is 0 Å². The van der Waals surface area contributed by atoms with Crippen molar-refractivity contribution in [3.63, 3.8) is 0 Å². The Labute approximate surface area is 125 Å². The molecule has 2 aromatic rings. The molecule has 1 heterocycles. The van der Waals surface area contributed by atoms with E-state index in [0.29, 0.717) is 0 Å². The van der Waals surface area contributed by atoms with Gasteiger partial charge in [-0.1, -0.05) is 31.0 Å². The quantitative estimate of drug-likeness (QED) is 0.739. The summed E-state index contributed by atoms with van der Waals surface area (Å²) >= 11 is 6.35. The highest BCUT2D eigenvalue weighted by atomic mass is 35.5. The summed E-state index contributed by atoms with van der Waals surface area (Å²) in [5, 5.41) is 0.742. The molecule has 108 valence electrons. The fraction of sp³-hybridized carbons (Fsp3) is 0.438. The number of aromatic nitrogens is 2. The maximum absolute atomic E-state index is 6.35. The molecule has 0 unspecified atom stereocenters. The van der Waals surface area contributed by atoms with E-state index in [0.717, 1.165) is 53.8 Å². The summed E-state index contributed by atoms with van der Waals surface area (Å²) in [4.78, 5) is 4.30. The van der Waals surface area contributed by atoms with Gasteiger partial charge in [0.25, 0.3) is 0 Å². The van der Waals surface area contributed by atoms with E-state index in [1.54, 1.807) is 0 Å². The highest BCUT2D eigenvalue weighted by Gasteiger charge is 2.07. The van der Waals surface area contributed by atoms with Crippen molar-refractivity contribution in [1.29, 1.82) is 0 Å². The Balaban J connectivity index is 2.10. The first-order valence-electron chi connectivity index (χ1n) is 7.01. The van der Waals surface area contributed by atoms with E-state index in [4.69, 9.17) is 16.3 Å². The van der Waals surface area contributed by atoms with E-state index in [2.05, 4.69) is 23.4 Å². The van der Waals surface area contributed by atoms with E-state index >= 15 is 0 Å². The fourth-order valence-corrected chi connectivity index (χ4v) is 2.30. The number of hydrogen-bond donors (Lipinski definition) is 0. The minimum absolute atomic E-state index is 0.742. The molecule has 2 rings (SSSR count). The number of unbranched alkanes of at least 4 members (excludes halogenated alkanes) is 1. The summed E-state index contributed by atoms with van der Waals surface area (Å²) in [7, 11) is 0. The van der Waals surface area contributed by atoms with Crippen LogP contribution < -0.4 is 4.74 Å². The van der Waals surface area contributed by atoms with Crippen molar-refractivity contribution in [2.75, 3.05) is 6.61 Å². The van der Waals surface area contributed by atoms with Gasteiger partial charge in [0.1, 0.15) is 11.6 Å². The van der Waals surface area contributed by atoms with Crippen molar-refractivity contribution in [2.24, 2.45) is 0 Å². The summed E-state index contributed by atoms with van der Waals surface area (Å²) in [6, 6.07) is 5.91. The van der Waals surface area contributed by atoms with Crippen LogP contribution in [-0.2, 0) is 6.54 Å². The van der Waals surface area contributed by atoms with Crippen molar-refractivity contribution in [1.82, 2.24) is 9.55 Å². The van der Waals surface area contributed by atoms with Crippen LogP contribution in [0.5, 0.6) is 5.75 Å². The van der Waals surface area contributed by atoms with Gasteiger partial charge < -0.3 is 9.30 Å². The lowest BCUT2D eigenvalue weighted by Crippen LogP contribution is -2.05. The zero-order valence-corrected chi connectivity index (χ0v) is 13.1. The van der Waals surface area contributed by atoms with E-state index in [1.165, 1.54) is 0 Å². The minimum atomic E-state index is 0.742. The Hall–Kier alpha value is -1.48. The Morgan fingerprint density at radius 3 is 2.70 bits per heavy atom.